The maximum Gasteiger partial charge on any atom is 0.150 e. The lowest BCUT2D eigenvalue weighted by atomic mass is 10.3. The van der Waals surface area contributed by atoms with Crippen molar-refractivity contribution in [3.8, 4) is 0 Å². The van der Waals surface area contributed by atoms with E-state index in [9.17, 15) is 0 Å². The first-order chi connectivity index (χ1) is 7.34. The highest BCUT2D eigenvalue weighted by Crippen LogP contribution is 2.27. The van der Waals surface area contributed by atoms with Crippen molar-refractivity contribution in [3.05, 3.63) is 29.4 Å². The van der Waals surface area contributed by atoms with Gasteiger partial charge in [0.15, 0.2) is 0 Å². The zero-order chi connectivity index (χ0) is 10.3. The summed E-state index contributed by atoms with van der Waals surface area (Å²) in [4.78, 5) is 0. The van der Waals surface area contributed by atoms with Crippen LogP contribution in [-0.4, -0.2) is 16.4 Å². The summed E-state index contributed by atoms with van der Waals surface area (Å²) in [6.45, 7) is 0.828. The first-order valence-corrected chi connectivity index (χ1v) is 5.47. The molecule has 0 amide bonds. The molecule has 1 aliphatic rings. The van der Waals surface area contributed by atoms with Crippen LogP contribution in [0.25, 0.3) is 10.9 Å². The number of benzene rings is 1. The minimum absolute atomic E-state index is 0.0912. The van der Waals surface area contributed by atoms with Gasteiger partial charge in [-0.25, -0.2) is 4.68 Å². The van der Waals surface area contributed by atoms with Crippen LogP contribution in [0, 0.1) is 0 Å². The van der Waals surface area contributed by atoms with E-state index in [1.165, 1.54) is 0 Å². The van der Waals surface area contributed by atoms with E-state index in [2.05, 4.69) is 5.10 Å². The number of hydrogen-bond acceptors (Lipinski definition) is 2. The molecule has 1 unspecified atom stereocenters. The molecule has 1 atom stereocenters. The van der Waals surface area contributed by atoms with Crippen molar-refractivity contribution in [2.24, 2.45) is 0 Å². The van der Waals surface area contributed by atoms with Crippen molar-refractivity contribution < 1.29 is 4.74 Å². The highest BCUT2D eigenvalue weighted by molar-refractivity contribution is 6.35. The molecule has 1 aromatic heterocycles. The SMILES string of the molecule is Clc1cccc2nn(C3CCCO3)cc12. The Kier molecular flexibility index (Phi) is 2.15. The van der Waals surface area contributed by atoms with Gasteiger partial charge in [0, 0.05) is 18.2 Å². The zero-order valence-electron chi connectivity index (χ0n) is 8.19. The Morgan fingerprint density at radius 3 is 3.13 bits per heavy atom. The first-order valence-electron chi connectivity index (χ1n) is 5.09. The van der Waals surface area contributed by atoms with Crippen molar-refractivity contribution in [2.45, 2.75) is 19.1 Å². The highest BCUT2D eigenvalue weighted by Gasteiger charge is 2.18. The second-order valence-electron chi connectivity index (χ2n) is 3.75. The van der Waals surface area contributed by atoms with Crippen LogP contribution in [0.1, 0.15) is 19.1 Å². The van der Waals surface area contributed by atoms with Crippen LogP contribution in [0.2, 0.25) is 5.02 Å². The number of halogens is 1. The molecule has 2 heterocycles. The van der Waals surface area contributed by atoms with Crippen molar-refractivity contribution in [2.75, 3.05) is 6.61 Å². The minimum Gasteiger partial charge on any atom is -0.357 e. The van der Waals surface area contributed by atoms with Gasteiger partial charge < -0.3 is 4.74 Å². The Hall–Kier alpha value is -1.06. The third-order valence-electron chi connectivity index (χ3n) is 2.72. The molecule has 0 bridgehead atoms. The first kappa shape index (κ1) is 9.19. The van der Waals surface area contributed by atoms with E-state index >= 15 is 0 Å². The van der Waals surface area contributed by atoms with Gasteiger partial charge in [-0.2, -0.15) is 5.10 Å². The Balaban J connectivity index is 2.09. The van der Waals surface area contributed by atoms with E-state index in [0.717, 1.165) is 35.4 Å². The molecule has 0 radical (unpaired) electrons. The maximum absolute atomic E-state index is 6.08. The molecule has 0 spiro atoms. The Morgan fingerprint density at radius 1 is 1.47 bits per heavy atom. The largest absolute Gasteiger partial charge is 0.357 e. The van der Waals surface area contributed by atoms with Gasteiger partial charge in [0.25, 0.3) is 0 Å². The van der Waals surface area contributed by atoms with Crippen LogP contribution in [0.3, 0.4) is 0 Å². The second-order valence-corrected chi connectivity index (χ2v) is 4.16. The summed E-state index contributed by atoms with van der Waals surface area (Å²) in [5.41, 5.74) is 0.929. The van der Waals surface area contributed by atoms with Crippen molar-refractivity contribution >= 4 is 22.5 Å². The fourth-order valence-electron chi connectivity index (χ4n) is 1.94. The summed E-state index contributed by atoms with van der Waals surface area (Å²) in [5.74, 6) is 0. The smallest absolute Gasteiger partial charge is 0.150 e. The van der Waals surface area contributed by atoms with Crippen LogP contribution in [0.5, 0.6) is 0 Å². The highest BCUT2D eigenvalue weighted by atomic mass is 35.5. The molecular formula is C11H11ClN2O. The molecule has 2 aromatic rings. The third kappa shape index (κ3) is 1.52. The number of ether oxygens (including phenoxy) is 1. The fraction of sp³-hybridized carbons (Fsp3) is 0.364. The van der Waals surface area contributed by atoms with E-state index in [1.807, 2.05) is 29.1 Å². The Bertz CT molecular complexity index is 488. The molecule has 0 N–H and O–H groups in total. The number of hydrogen-bond donors (Lipinski definition) is 0. The number of nitrogens with zero attached hydrogens (tertiary/aromatic N) is 2. The van der Waals surface area contributed by atoms with E-state index in [0.29, 0.717) is 0 Å². The van der Waals surface area contributed by atoms with Crippen LogP contribution in [0.15, 0.2) is 24.4 Å². The van der Waals surface area contributed by atoms with E-state index in [-0.39, 0.29) is 6.23 Å². The van der Waals surface area contributed by atoms with Crippen LogP contribution < -0.4 is 0 Å². The van der Waals surface area contributed by atoms with Crippen LogP contribution in [0.4, 0.5) is 0 Å². The molecule has 1 fully saturated rings. The van der Waals surface area contributed by atoms with Crippen LogP contribution in [-0.2, 0) is 4.74 Å². The van der Waals surface area contributed by atoms with Crippen molar-refractivity contribution in [3.63, 3.8) is 0 Å². The topological polar surface area (TPSA) is 27.1 Å². The predicted octanol–water partition coefficient (Wildman–Crippen LogP) is 3.00. The summed E-state index contributed by atoms with van der Waals surface area (Å²) in [6.07, 6.45) is 4.20. The summed E-state index contributed by atoms with van der Waals surface area (Å²) in [6, 6.07) is 5.76. The molecule has 78 valence electrons. The van der Waals surface area contributed by atoms with E-state index in [1.54, 1.807) is 0 Å². The number of fused-ring (bicyclic) bond motifs is 1. The van der Waals surface area contributed by atoms with Gasteiger partial charge in [-0.3, -0.25) is 0 Å². The monoisotopic (exact) mass is 222 g/mol. The third-order valence-corrected chi connectivity index (χ3v) is 3.04. The molecular weight excluding hydrogens is 212 g/mol. The molecule has 15 heavy (non-hydrogen) atoms. The van der Waals surface area contributed by atoms with Crippen LogP contribution >= 0.6 is 11.6 Å². The summed E-state index contributed by atoms with van der Waals surface area (Å²) >= 11 is 6.08. The fourth-order valence-corrected chi connectivity index (χ4v) is 2.16. The van der Waals surface area contributed by atoms with Gasteiger partial charge >= 0.3 is 0 Å². The summed E-state index contributed by atoms with van der Waals surface area (Å²) in [5, 5.41) is 6.20. The van der Waals surface area contributed by atoms with Gasteiger partial charge in [0.2, 0.25) is 0 Å². The molecule has 1 saturated heterocycles. The number of rotatable bonds is 1. The normalized spacial score (nSPS) is 21.3. The molecule has 1 aromatic carbocycles. The van der Waals surface area contributed by atoms with E-state index in [4.69, 9.17) is 16.3 Å². The molecule has 0 saturated carbocycles. The molecule has 3 rings (SSSR count). The lowest BCUT2D eigenvalue weighted by Gasteiger charge is -2.08. The standard InChI is InChI=1S/C11H11ClN2O/c12-9-3-1-4-10-8(9)7-14(13-10)11-5-2-6-15-11/h1,3-4,7,11H,2,5-6H2. The molecule has 1 aliphatic heterocycles. The van der Waals surface area contributed by atoms with E-state index < -0.39 is 0 Å². The van der Waals surface area contributed by atoms with Gasteiger partial charge in [0.1, 0.15) is 6.23 Å². The van der Waals surface area contributed by atoms with Gasteiger partial charge in [-0.1, -0.05) is 17.7 Å². The van der Waals surface area contributed by atoms with Gasteiger partial charge in [-0.05, 0) is 25.0 Å². The maximum atomic E-state index is 6.08. The average Bonchev–Trinajstić information content (AvgIpc) is 2.86. The van der Waals surface area contributed by atoms with Gasteiger partial charge in [-0.15, -0.1) is 0 Å². The summed E-state index contributed by atoms with van der Waals surface area (Å²) in [7, 11) is 0. The van der Waals surface area contributed by atoms with Crippen molar-refractivity contribution in [1.29, 1.82) is 0 Å². The molecule has 4 heteroatoms. The quantitative estimate of drug-likeness (QED) is 0.742. The number of aromatic nitrogens is 2. The Morgan fingerprint density at radius 2 is 2.40 bits per heavy atom. The summed E-state index contributed by atoms with van der Waals surface area (Å²) < 4.78 is 7.44. The Labute approximate surface area is 92.6 Å². The van der Waals surface area contributed by atoms with Gasteiger partial charge in [0.05, 0.1) is 10.5 Å². The lowest BCUT2D eigenvalue weighted by Crippen LogP contribution is -2.06. The predicted molar refractivity (Wildman–Crippen MR) is 59.0 cm³/mol. The molecule has 3 nitrogen and oxygen atoms in total. The second kappa shape index (κ2) is 3.51. The lowest BCUT2D eigenvalue weighted by molar-refractivity contribution is 0.0473. The zero-order valence-corrected chi connectivity index (χ0v) is 8.94. The van der Waals surface area contributed by atoms with Crippen molar-refractivity contribution in [1.82, 2.24) is 9.78 Å². The molecule has 0 aliphatic carbocycles. The minimum atomic E-state index is 0.0912. The average molecular weight is 223 g/mol.